The van der Waals surface area contributed by atoms with E-state index in [4.69, 9.17) is 9.47 Å². The maximum atomic E-state index is 11.7. The van der Waals surface area contributed by atoms with E-state index in [1.165, 1.54) is 0 Å². The van der Waals surface area contributed by atoms with Gasteiger partial charge in [-0.2, -0.15) is 0 Å². The lowest BCUT2D eigenvalue weighted by molar-refractivity contribution is -0.118. The predicted molar refractivity (Wildman–Crippen MR) is 67.2 cm³/mol. The molecule has 0 aromatic heterocycles. The van der Waals surface area contributed by atoms with E-state index in [-0.39, 0.29) is 12.2 Å². The molecule has 0 aliphatic carbocycles. The summed E-state index contributed by atoms with van der Waals surface area (Å²) >= 11 is 4.26. The largest absolute Gasteiger partial charge is 0.350 e. The van der Waals surface area contributed by atoms with Crippen molar-refractivity contribution in [3.8, 4) is 0 Å². The highest BCUT2D eigenvalue weighted by atomic mass is 32.1. The topological polar surface area (TPSA) is 47.6 Å². The van der Waals surface area contributed by atoms with Gasteiger partial charge in [0.15, 0.2) is 6.29 Å². The van der Waals surface area contributed by atoms with Crippen LogP contribution in [0.25, 0.3) is 0 Å². The summed E-state index contributed by atoms with van der Waals surface area (Å²) in [6.45, 7) is 1.23. The van der Waals surface area contributed by atoms with E-state index in [1.807, 2.05) is 24.3 Å². The van der Waals surface area contributed by atoms with Crippen molar-refractivity contribution in [1.29, 1.82) is 0 Å². The Bertz CT molecular complexity index is 391. The Kier molecular flexibility index (Phi) is 4.42. The SMILES string of the molecule is O=C(CCC1OCCO1)Nc1ccccc1S. The maximum Gasteiger partial charge on any atom is 0.224 e. The molecule has 17 heavy (non-hydrogen) atoms. The molecule has 1 aliphatic heterocycles. The number of benzene rings is 1. The van der Waals surface area contributed by atoms with Gasteiger partial charge in [0.05, 0.1) is 18.9 Å². The molecule has 1 amide bonds. The van der Waals surface area contributed by atoms with Gasteiger partial charge in [-0.05, 0) is 12.1 Å². The summed E-state index contributed by atoms with van der Waals surface area (Å²) in [5.41, 5.74) is 0.731. The maximum absolute atomic E-state index is 11.7. The molecule has 1 aromatic carbocycles. The van der Waals surface area contributed by atoms with Crippen LogP contribution < -0.4 is 5.32 Å². The van der Waals surface area contributed by atoms with Crippen LogP contribution in [0.5, 0.6) is 0 Å². The Labute approximate surface area is 106 Å². The molecule has 1 saturated heterocycles. The second kappa shape index (κ2) is 6.05. The van der Waals surface area contributed by atoms with Gasteiger partial charge in [0.25, 0.3) is 0 Å². The van der Waals surface area contributed by atoms with Gasteiger partial charge in [-0.1, -0.05) is 12.1 Å². The fraction of sp³-hybridized carbons (Fsp3) is 0.417. The molecule has 0 spiro atoms. The Morgan fingerprint density at radius 2 is 2.06 bits per heavy atom. The lowest BCUT2D eigenvalue weighted by Crippen LogP contribution is -2.16. The fourth-order valence-electron chi connectivity index (χ4n) is 1.61. The number of thiol groups is 1. The number of anilines is 1. The monoisotopic (exact) mass is 253 g/mol. The second-order valence-corrected chi connectivity index (χ2v) is 4.26. The molecule has 1 aromatic rings. The normalized spacial score (nSPS) is 16.1. The second-order valence-electron chi connectivity index (χ2n) is 3.78. The Hall–Kier alpha value is -1.04. The molecule has 1 fully saturated rings. The molecule has 2 rings (SSSR count). The van der Waals surface area contributed by atoms with E-state index >= 15 is 0 Å². The van der Waals surface area contributed by atoms with Crippen molar-refractivity contribution in [3.05, 3.63) is 24.3 Å². The number of carbonyl (C=O) groups excluding carboxylic acids is 1. The highest BCUT2D eigenvalue weighted by Crippen LogP contribution is 2.19. The molecule has 92 valence electrons. The average Bonchev–Trinajstić information content (AvgIpc) is 2.82. The first-order valence-electron chi connectivity index (χ1n) is 5.57. The summed E-state index contributed by atoms with van der Waals surface area (Å²) in [4.78, 5) is 12.4. The number of carbonyl (C=O) groups is 1. The predicted octanol–water partition coefficient (Wildman–Crippen LogP) is 2.07. The molecule has 0 bridgehead atoms. The van der Waals surface area contributed by atoms with Gasteiger partial charge in [0.2, 0.25) is 5.91 Å². The lowest BCUT2D eigenvalue weighted by atomic mass is 10.2. The fourth-order valence-corrected chi connectivity index (χ4v) is 1.83. The van der Waals surface area contributed by atoms with Gasteiger partial charge < -0.3 is 14.8 Å². The van der Waals surface area contributed by atoms with E-state index in [0.717, 1.165) is 10.6 Å². The number of rotatable bonds is 4. The van der Waals surface area contributed by atoms with Gasteiger partial charge in [-0.3, -0.25) is 4.79 Å². The zero-order valence-electron chi connectivity index (χ0n) is 9.39. The van der Waals surface area contributed by atoms with Crippen molar-refractivity contribution < 1.29 is 14.3 Å². The quantitative estimate of drug-likeness (QED) is 0.808. The third-order valence-electron chi connectivity index (χ3n) is 2.48. The number of hydrogen-bond acceptors (Lipinski definition) is 4. The van der Waals surface area contributed by atoms with E-state index in [2.05, 4.69) is 17.9 Å². The van der Waals surface area contributed by atoms with Crippen LogP contribution >= 0.6 is 12.6 Å². The molecular weight excluding hydrogens is 238 g/mol. The van der Waals surface area contributed by atoms with Crippen LogP contribution in [-0.2, 0) is 14.3 Å². The van der Waals surface area contributed by atoms with Crippen molar-refractivity contribution in [2.75, 3.05) is 18.5 Å². The third-order valence-corrected chi connectivity index (χ3v) is 2.87. The van der Waals surface area contributed by atoms with Crippen LogP contribution in [0.3, 0.4) is 0 Å². The molecular formula is C12H15NO3S. The first kappa shape index (κ1) is 12.4. The summed E-state index contributed by atoms with van der Waals surface area (Å²) in [5, 5.41) is 2.81. The van der Waals surface area contributed by atoms with E-state index in [9.17, 15) is 4.79 Å². The van der Waals surface area contributed by atoms with E-state index in [0.29, 0.717) is 26.1 Å². The van der Waals surface area contributed by atoms with Crippen LogP contribution in [0, 0.1) is 0 Å². The van der Waals surface area contributed by atoms with Crippen LogP contribution in [0.4, 0.5) is 5.69 Å². The first-order chi connectivity index (χ1) is 8.25. The van der Waals surface area contributed by atoms with Crippen molar-refractivity contribution in [1.82, 2.24) is 0 Å². The van der Waals surface area contributed by atoms with Crippen LogP contribution in [0.15, 0.2) is 29.2 Å². The number of nitrogens with one attached hydrogen (secondary N) is 1. The smallest absolute Gasteiger partial charge is 0.224 e. The molecule has 0 saturated carbocycles. The highest BCUT2D eigenvalue weighted by molar-refractivity contribution is 7.80. The summed E-state index contributed by atoms with van der Waals surface area (Å²) < 4.78 is 10.5. The third kappa shape index (κ3) is 3.73. The van der Waals surface area contributed by atoms with Crippen molar-refractivity contribution in [2.24, 2.45) is 0 Å². The molecule has 0 unspecified atom stereocenters. The minimum atomic E-state index is -0.230. The molecule has 0 radical (unpaired) electrons. The van der Waals surface area contributed by atoms with Gasteiger partial charge >= 0.3 is 0 Å². The molecule has 1 N–H and O–H groups in total. The summed E-state index contributed by atoms with van der Waals surface area (Å²) in [6.07, 6.45) is 0.736. The Morgan fingerprint density at radius 1 is 1.35 bits per heavy atom. The molecule has 1 aliphatic rings. The standard InChI is InChI=1S/C12H15NO3S/c14-11(5-6-12-15-7-8-16-12)13-9-3-1-2-4-10(9)17/h1-4,12,17H,5-8H2,(H,13,14). The zero-order valence-corrected chi connectivity index (χ0v) is 10.3. The molecule has 0 atom stereocenters. The van der Waals surface area contributed by atoms with Crippen molar-refractivity contribution in [2.45, 2.75) is 24.0 Å². The Morgan fingerprint density at radius 3 is 2.76 bits per heavy atom. The molecule has 1 heterocycles. The number of para-hydroxylation sites is 1. The highest BCUT2D eigenvalue weighted by Gasteiger charge is 2.17. The van der Waals surface area contributed by atoms with E-state index in [1.54, 1.807) is 0 Å². The number of hydrogen-bond donors (Lipinski definition) is 2. The first-order valence-corrected chi connectivity index (χ1v) is 6.01. The van der Waals surface area contributed by atoms with Crippen LogP contribution in [-0.4, -0.2) is 25.4 Å². The zero-order chi connectivity index (χ0) is 12.1. The minimum absolute atomic E-state index is 0.0504. The Balaban J connectivity index is 1.79. The van der Waals surface area contributed by atoms with Gasteiger partial charge in [-0.25, -0.2) is 0 Å². The van der Waals surface area contributed by atoms with Crippen LogP contribution in [0.1, 0.15) is 12.8 Å². The van der Waals surface area contributed by atoms with Gasteiger partial charge in [0, 0.05) is 17.7 Å². The van der Waals surface area contributed by atoms with Gasteiger partial charge in [0.1, 0.15) is 0 Å². The average molecular weight is 253 g/mol. The lowest BCUT2D eigenvalue weighted by Gasteiger charge is -2.10. The van der Waals surface area contributed by atoms with Gasteiger partial charge in [-0.15, -0.1) is 12.6 Å². The summed E-state index contributed by atoms with van der Waals surface area (Å²) in [5.74, 6) is -0.0504. The molecule has 4 nitrogen and oxygen atoms in total. The number of amides is 1. The minimum Gasteiger partial charge on any atom is -0.350 e. The van der Waals surface area contributed by atoms with Crippen LogP contribution in [0.2, 0.25) is 0 Å². The van der Waals surface area contributed by atoms with E-state index < -0.39 is 0 Å². The molecule has 5 heteroatoms. The summed E-state index contributed by atoms with van der Waals surface area (Å²) in [7, 11) is 0. The van der Waals surface area contributed by atoms with Crippen molar-refractivity contribution >= 4 is 24.2 Å². The number of ether oxygens (including phenoxy) is 2. The summed E-state index contributed by atoms with van der Waals surface area (Å²) in [6, 6.07) is 7.39. The van der Waals surface area contributed by atoms with Crippen molar-refractivity contribution in [3.63, 3.8) is 0 Å².